The normalized spacial score (nSPS) is 18.9. The molecular weight excluding hydrogens is 311 g/mol. The first kappa shape index (κ1) is 14.5. The molecule has 124 valence electrons. The third-order valence-corrected chi connectivity index (χ3v) is 5.28. The molecule has 0 amide bonds. The molecule has 0 aliphatic carbocycles. The van der Waals surface area contributed by atoms with E-state index in [0.717, 1.165) is 16.0 Å². The number of anilines is 2. The Morgan fingerprint density at radius 1 is 1.12 bits per heavy atom. The SMILES string of the molecule is CB1C=c2oc3ncccc3c2=CN1N1c2ccccc2N(C)[C@@H]1C. The first-order valence-corrected chi connectivity index (χ1v) is 8.62. The first-order valence-electron chi connectivity index (χ1n) is 8.62. The van der Waals surface area contributed by atoms with Crippen molar-refractivity contribution in [2.24, 2.45) is 0 Å². The quantitative estimate of drug-likeness (QED) is 0.638. The van der Waals surface area contributed by atoms with Gasteiger partial charge in [-0.15, -0.1) is 0 Å². The molecule has 2 aliphatic heterocycles. The molecule has 0 fully saturated rings. The summed E-state index contributed by atoms with van der Waals surface area (Å²) in [7, 11) is 2.14. The zero-order valence-corrected chi connectivity index (χ0v) is 14.5. The minimum atomic E-state index is 0.190. The van der Waals surface area contributed by atoms with Crippen LogP contribution in [0.5, 0.6) is 0 Å². The lowest BCUT2D eigenvalue weighted by Gasteiger charge is -2.40. The Kier molecular flexibility index (Phi) is 2.92. The van der Waals surface area contributed by atoms with Crippen molar-refractivity contribution in [2.45, 2.75) is 19.9 Å². The number of furan rings is 1. The van der Waals surface area contributed by atoms with Crippen LogP contribution >= 0.6 is 0 Å². The Morgan fingerprint density at radius 3 is 2.76 bits per heavy atom. The van der Waals surface area contributed by atoms with Gasteiger partial charge >= 0.3 is 6.85 Å². The Bertz CT molecular complexity index is 1090. The van der Waals surface area contributed by atoms with Crippen LogP contribution < -0.4 is 20.5 Å². The van der Waals surface area contributed by atoms with Crippen molar-refractivity contribution in [2.75, 3.05) is 17.0 Å². The lowest BCUT2D eigenvalue weighted by molar-refractivity contribution is 0.489. The molecule has 3 aromatic rings. The summed E-state index contributed by atoms with van der Waals surface area (Å²) in [6.07, 6.45) is 4.20. The Balaban J connectivity index is 1.71. The second kappa shape index (κ2) is 5.05. The second-order valence-electron chi connectivity index (χ2n) is 6.73. The molecule has 0 bridgehead atoms. The maximum atomic E-state index is 5.94. The van der Waals surface area contributed by atoms with Gasteiger partial charge < -0.3 is 14.2 Å². The predicted molar refractivity (Wildman–Crippen MR) is 102 cm³/mol. The van der Waals surface area contributed by atoms with Gasteiger partial charge in [0.1, 0.15) is 11.6 Å². The third kappa shape index (κ3) is 1.94. The van der Waals surface area contributed by atoms with Crippen LogP contribution in [0.1, 0.15) is 6.92 Å². The zero-order chi connectivity index (χ0) is 17.1. The summed E-state index contributed by atoms with van der Waals surface area (Å²) in [6.45, 7) is 4.61. The number of para-hydroxylation sites is 2. The van der Waals surface area contributed by atoms with Gasteiger partial charge in [-0.05, 0) is 37.2 Å². The fourth-order valence-corrected chi connectivity index (χ4v) is 3.87. The molecule has 5 rings (SSSR count). The molecule has 6 heteroatoms. The van der Waals surface area contributed by atoms with Gasteiger partial charge in [0.25, 0.3) is 0 Å². The van der Waals surface area contributed by atoms with Crippen molar-refractivity contribution in [3.8, 4) is 0 Å². The Labute approximate surface area is 146 Å². The van der Waals surface area contributed by atoms with Crippen molar-refractivity contribution in [1.82, 2.24) is 9.90 Å². The molecule has 0 unspecified atom stereocenters. The van der Waals surface area contributed by atoms with Gasteiger partial charge in [0.05, 0.1) is 11.4 Å². The molecule has 5 nitrogen and oxygen atoms in total. The van der Waals surface area contributed by atoms with Crippen molar-refractivity contribution in [3.05, 3.63) is 53.2 Å². The summed E-state index contributed by atoms with van der Waals surface area (Å²) in [4.78, 5) is 8.96. The van der Waals surface area contributed by atoms with Crippen molar-refractivity contribution in [3.63, 3.8) is 0 Å². The fraction of sp³-hybridized carbons (Fsp3) is 0.211. The average molecular weight is 330 g/mol. The minimum Gasteiger partial charge on any atom is -0.439 e. The van der Waals surface area contributed by atoms with Crippen molar-refractivity contribution in [1.29, 1.82) is 0 Å². The van der Waals surface area contributed by atoms with Crippen molar-refractivity contribution < 1.29 is 4.42 Å². The molecule has 4 heterocycles. The molecule has 25 heavy (non-hydrogen) atoms. The van der Waals surface area contributed by atoms with E-state index in [9.17, 15) is 0 Å². The molecular formula is C19H19BN4O. The van der Waals surface area contributed by atoms with Crippen LogP contribution in [0, 0.1) is 0 Å². The summed E-state index contributed by atoms with van der Waals surface area (Å²) in [6, 6.07) is 12.6. The molecule has 0 radical (unpaired) electrons. The number of hydrogen-bond donors (Lipinski definition) is 0. The molecule has 2 aromatic heterocycles. The third-order valence-electron chi connectivity index (χ3n) is 5.28. The van der Waals surface area contributed by atoms with Gasteiger partial charge in [-0.1, -0.05) is 19.0 Å². The van der Waals surface area contributed by atoms with Crippen LogP contribution in [0.3, 0.4) is 0 Å². The smallest absolute Gasteiger partial charge is 0.306 e. The topological polar surface area (TPSA) is 35.8 Å². The average Bonchev–Trinajstić information content (AvgIpc) is 3.10. The second-order valence-corrected chi connectivity index (χ2v) is 6.73. The zero-order valence-electron chi connectivity index (χ0n) is 14.5. The summed E-state index contributed by atoms with van der Waals surface area (Å²) in [5.74, 6) is 2.17. The van der Waals surface area contributed by atoms with Gasteiger partial charge in [-0.2, -0.15) is 0 Å². The van der Waals surface area contributed by atoms with E-state index in [1.54, 1.807) is 6.20 Å². The molecule has 0 spiro atoms. The number of pyridine rings is 1. The highest BCUT2D eigenvalue weighted by Crippen LogP contribution is 2.39. The number of aromatic nitrogens is 1. The molecule has 1 atom stereocenters. The lowest BCUT2D eigenvalue weighted by atomic mass is 9.63. The fourth-order valence-electron chi connectivity index (χ4n) is 3.87. The maximum Gasteiger partial charge on any atom is 0.306 e. The minimum absolute atomic E-state index is 0.190. The molecule has 0 N–H and O–H groups in total. The number of fused-ring (bicyclic) bond motifs is 4. The lowest BCUT2D eigenvalue weighted by Crippen LogP contribution is -2.55. The van der Waals surface area contributed by atoms with E-state index in [4.69, 9.17) is 4.42 Å². The van der Waals surface area contributed by atoms with Gasteiger partial charge in [0.2, 0.25) is 5.71 Å². The van der Waals surface area contributed by atoms with Gasteiger partial charge in [-0.25, -0.2) is 4.98 Å². The highest BCUT2D eigenvalue weighted by molar-refractivity contribution is 6.70. The van der Waals surface area contributed by atoms with E-state index < -0.39 is 0 Å². The summed E-state index contributed by atoms with van der Waals surface area (Å²) < 4.78 is 5.94. The van der Waals surface area contributed by atoms with E-state index in [1.807, 2.05) is 6.07 Å². The molecule has 1 aromatic carbocycles. The summed E-state index contributed by atoms with van der Waals surface area (Å²) in [5, 5.41) is 4.51. The maximum absolute atomic E-state index is 5.94. The van der Waals surface area contributed by atoms with E-state index in [1.165, 1.54) is 11.4 Å². The van der Waals surface area contributed by atoms with E-state index in [-0.39, 0.29) is 13.0 Å². The number of nitrogens with zero attached hydrogens (tertiary/aromatic N) is 4. The Morgan fingerprint density at radius 2 is 1.92 bits per heavy atom. The molecule has 2 aliphatic rings. The van der Waals surface area contributed by atoms with E-state index >= 15 is 0 Å². The van der Waals surface area contributed by atoms with Crippen LogP contribution in [0.15, 0.2) is 47.0 Å². The highest BCUT2D eigenvalue weighted by atomic mass is 16.3. The van der Waals surface area contributed by atoms with Crippen LogP contribution in [-0.4, -0.2) is 30.0 Å². The number of hydrazine groups is 1. The number of rotatable bonds is 1. The van der Waals surface area contributed by atoms with E-state index in [0.29, 0.717) is 5.71 Å². The van der Waals surface area contributed by atoms with Crippen LogP contribution in [0.4, 0.5) is 11.4 Å². The Hall–Kier alpha value is -2.89. The van der Waals surface area contributed by atoms with Crippen LogP contribution in [0.2, 0.25) is 6.82 Å². The van der Waals surface area contributed by atoms with Crippen LogP contribution in [0.25, 0.3) is 23.3 Å². The monoisotopic (exact) mass is 330 g/mol. The standard InChI is InChI=1S/C19H19BN4O/c1-13-22(3)16-8-4-5-9-17(16)24(13)23-12-15-14-7-6-10-21-19(14)25-18(15)11-20(23)2/h4-13H,1-3H3/t13-/m0/s1. The van der Waals surface area contributed by atoms with E-state index in [2.05, 4.69) is 83.1 Å². The first-order chi connectivity index (χ1) is 12.1. The highest BCUT2D eigenvalue weighted by Gasteiger charge is 2.36. The van der Waals surface area contributed by atoms with Gasteiger partial charge in [-0.3, -0.25) is 5.01 Å². The van der Waals surface area contributed by atoms with Gasteiger partial charge in [0, 0.05) is 30.0 Å². The number of benzene rings is 1. The summed E-state index contributed by atoms with van der Waals surface area (Å²) in [5.41, 5.74) is 4.08. The largest absolute Gasteiger partial charge is 0.439 e. The summed E-state index contributed by atoms with van der Waals surface area (Å²) >= 11 is 0. The van der Waals surface area contributed by atoms with Crippen molar-refractivity contribution >= 4 is 41.5 Å². The molecule has 0 saturated carbocycles. The number of hydrogen-bond acceptors (Lipinski definition) is 5. The molecule has 0 saturated heterocycles. The predicted octanol–water partition coefficient (Wildman–Crippen LogP) is 2.04. The van der Waals surface area contributed by atoms with Crippen LogP contribution in [-0.2, 0) is 0 Å². The van der Waals surface area contributed by atoms with Gasteiger partial charge in [0.15, 0.2) is 0 Å².